The summed E-state index contributed by atoms with van der Waals surface area (Å²) >= 11 is 3.61. The van der Waals surface area contributed by atoms with Crippen molar-refractivity contribution < 1.29 is 9.47 Å². The van der Waals surface area contributed by atoms with E-state index >= 15 is 0 Å². The van der Waals surface area contributed by atoms with Gasteiger partial charge in [-0.1, -0.05) is 34.1 Å². The topological polar surface area (TPSA) is 54.9 Å². The molecule has 2 atom stereocenters. The van der Waals surface area contributed by atoms with Gasteiger partial charge < -0.3 is 20.1 Å². The van der Waals surface area contributed by atoms with Crippen molar-refractivity contribution in [2.75, 3.05) is 39.5 Å². The fourth-order valence-electron chi connectivity index (χ4n) is 2.75. The second kappa shape index (κ2) is 13.7. The van der Waals surface area contributed by atoms with Gasteiger partial charge in [-0.2, -0.15) is 0 Å². The van der Waals surface area contributed by atoms with Crippen molar-refractivity contribution in [2.45, 2.75) is 32.7 Å². The zero-order valence-electron chi connectivity index (χ0n) is 15.7. The molecule has 2 rings (SSSR count). The Kier molecular flexibility index (Phi) is 12.5. The van der Waals surface area contributed by atoms with Crippen molar-refractivity contribution in [3.05, 3.63) is 34.3 Å². The third-order valence-electron chi connectivity index (χ3n) is 4.16. The smallest absolute Gasteiger partial charge is 0.191 e. The highest BCUT2D eigenvalue weighted by Gasteiger charge is 2.15. The Morgan fingerprint density at radius 1 is 1.42 bits per heavy atom. The quantitative estimate of drug-likeness (QED) is 0.214. The fraction of sp³-hybridized carbons (Fsp3) is 0.632. The van der Waals surface area contributed by atoms with Crippen LogP contribution >= 0.6 is 39.9 Å². The lowest BCUT2D eigenvalue weighted by molar-refractivity contribution is 0.0893. The molecule has 1 saturated heterocycles. The lowest BCUT2D eigenvalue weighted by Crippen LogP contribution is -2.39. The predicted molar refractivity (Wildman–Crippen MR) is 121 cm³/mol. The second-order valence-corrected chi connectivity index (χ2v) is 7.16. The molecule has 1 fully saturated rings. The highest BCUT2D eigenvalue weighted by molar-refractivity contribution is 14.0. The van der Waals surface area contributed by atoms with Gasteiger partial charge >= 0.3 is 0 Å². The molecular weight excluding hydrogens is 509 g/mol. The van der Waals surface area contributed by atoms with Gasteiger partial charge in [-0.3, -0.25) is 4.99 Å². The Morgan fingerprint density at radius 3 is 2.92 bits per heavy atom. The highest BCUT2D eigenvalue weighted by Crippen LogP contribution is 2.22. The molecule has 0 radical (unpaired) electrons. The number of nitrogens with one attached hydrogen (secondary N) is 2. The van der Waals surface area contributed by atoms with E-state index in [1.165, 1.54) is 5.56 Å². The first-order chi connectivity index (χ1) is 12.2. The van der Waals surface area contributed by atoms with Crippen molar-refractivity contribution in [2.24, 2.45) is 10.9 Å². The summed E-state index contributed by atoms with van der Waals surface area (Å²) in [5.74, 6) is 1.42. The normalized spacial score (nSPS) is 18.3. The monoisotopic (exact) mass is 539 g/mol. The van der Waals surface area contributed by atoms with Gasteiger partial charge in [0, 0.05) is 36.7 Å². The minimum atomic E-state index is 0. The third-order valence-corrected chi connectivity index (χ3v) is 4.89. The number of halogens is 2. The van der Waals surface area contributed by atoms with Crippen molar-refractivity contribution in [1.82, 2.24) is 10.6 Å². The molecule has 1 aromatic carbocycles. The molecule has 1 aliphatic rings. The molecule has 26 heavy (non-hydrogen) atoms. The molecule has 1 heterocycles. The van der Waals surface area contributed by atoms with Gasteiger partial charge in [0.2, 0.25) is 0 Å². The van der Waals surface area contributed by atoms with Crippen LogP contribution in [0.2, 0.25) is 0 Å². The third kappa shape index (κ3) is 8.54. The van der Waals surface area contributed by atoms with Gasteiger partial charge in [-0.15, -0.1) is 24.0 Å². The second-order valence-electron chi connectivity index (χ2n) is 6.31. The van der Waals surface area contributed by atoms with E-state index in [0.717, 1.165) is 62.8 Å². The SMILES string of the molecule is CCNC(=NCCCOCC1CCOC1)NC(C)c1ccccc1Br.I. The van der Waals surface area contributed by atoms with Crippen LogP contribution in [0.3, 0.4) is 0 Å². The molecule has 1 aromatic rings. The molecule has 0 bridgehead atoms. The number of hydrogen-bond acceptors (Lipinski definition) is 3. The van der Waals surface area contributed by atoms with Crippen LogP contribution in [0.15, 0.2) is 33.7 Å². The number of nitrogens with zero attached hydrogens (tertiary/aromatic N) is 1. The minimum absolute atomic E-state index is 0. The first-order valence-corrected chi connectivity index (χ1v) is 9.94. The Morgan fingerprint density at radius 2 is 2.23 bits per heavy atom. The van der Waals surface area contributed by atoms with Gasteiger partial charge in [0.15, 0.2) is 5.96 Å². The summed E-state index contributed by atoms with van der Waals surface area (Å²) < 4.78 is 12.2. The molecule has 0 amide bonds. The number of ether oxygens (including phenoxy) is 2. The largest absolute Gasteiger partial charge is 0.381 e. The molecule has 1 aliphatic heterocycles. The van der Waals surface area contributed by atoms with Gasteiger partial charge in [-0.25, -0.2) is 0 Å². The fourth-order valence-corrected chi connectivity index (χ4v) is 3.38. The maximum Gasteiger partial charge on any atom is 0.191 e. The van der Waals surface area contributed by atoms with Crippen molar-refractivity contribution >= 4 is 45.9 Å². The summed E-state index contributed by atoms with van der Waals surface area (Å²) in [5.41, 5.74) is 1.22. The van der Waals surface area contributed by atoms with Gasteiger partial charge in [0.25, 0.3) is 0 Å². The Labute approximate surface area is 182 Å². The van der Waals surface area contributed by atoms with E-state index in [0.29, 0.717) is 5.92 Å². The number of aliphatic imine (C=N–C) groups is 1. The summed E-state index contributed by atoms with van der Waals surface area (Å²) in [7, 11) is 0. The maximum atomic E-state index is 5.73. The lowest BCUT2D eigenvalue weighted by atomic mass is 10.1. The summed E-state index contributed by atoms with van der Waals surface area (Å²) in [6, 6.07) is 8.43. The van der Waals surface area contributed by atoms with E-state index in [-0.39, 0.29) is 30.0 Å². The average molecular weight is 540 g/mol. The summed E-state index contributed by atoms with van der Waals surface area (Å²) in [6.45, 7) is 9.09. The lowest BCUT2D eigenvalue weighted by Gasteiger charge is -2.19. The van der Waals surface area contributed by atoms with Gasteiger partial charge in [0.05, 0.1) is 19.3 Å². The van der Waals surface area contributed by atoms with Crippen LogP contribution < -0.4 is 10.6 Å². The van der Waals surface area contributed by atoms with E-state index in [1.54, 1.807) is 0 Å². The van der Waals surface area contributed by atoms with E-state index in [2.05, 4.69) is 63.6 Å². The Bertz CT molecular complexity index is 539. The molecule has 0 aromatic heterocycles. The first kappa shape index (κ1) is 23.7. The molecule has 0 spiro atoms. The molecular formula is C19H31BrIN3O2. The highest BCUT2D eigenvalue weighted by atomic mass is 127. The van der Waals surface area contributed by atoms with Crippen LogP contribution in [0.25, 0.3) is 0 Å². The predicted octanol–water partition coefficient (Wildman–Crippen LogP) is 4.13. The number of hydrogen-bond donors (Lipinski definition) is 2. The summed E-state index contributed by atoms with van der Waals surface area (Å²) in [4.78, 5) is 4.65. The Hall–Kier alpha value is -0.380. The molecule has 5 nitrogen and oxygen atoms in total. The zero-order chi connectivity index (χ0) is 17.9. The van der Waals surface area contributed by atoms with E-state index in [1.807, 2.05) is 6.07 Å². The molecule has 148 valence electrons. The van der Waals surface area contributed by atoms with Crippen LogP contribution in [-0.2, 0) is 9.47 Å². The molecule has 0 saturated carbocycles. The summed E-state index contributed by atoms with van der Waals surface area (Å²) in [6.07, 6.45) is 2.05. The van der Waals surface area contributed by atoms with Crippen molar-refractivity contribution in [3.8, 4) is 0 Å². The van der Waals surface area contributed by atoms with Crippen LogP contribution in [-0.4, -0.2) is 45.5 Å². The molecule has 2 unspecified atom stereocenters. The number of benzene rings is 1. The molecule has 0 aliphatic carbocycles. The van der Waals surface area contributed by atoms with Crippen molar-refractivity contribution in [3.63, 3.8) is 0 Å². The van der Waals surface area contributed by atoms with Crippen LogP contribution in [0.1, 0.15) is 38.3 Å². The van der Waals surface area contributed by atoms with Gasteiger partial charge in [0.1, 0.15) is 0 Å². The maximum absolute atomic E-state index is 5.73. The van der Waals surface area contributed by atoms with E-state index in [9.17, 15) is 0 Å². The molecule has 7 heteroatoms. The van der Waals surface area contributed by atoms with Crippen molar-refractivity contribution in [1.29, 1.82) is 0 Å². The number of rotatable bonds is 9. The van der Waals surface area contributed by atoms with Crippen LogP contribution in [0, 0.1) is 5.92 Å². The first-order valence-electron chi connectivity index (χ1n) is 9.15. The van der Waals surface area contributed by atoms with E-state index in [4.69, 9.17) is 9.47 Å². The summed E-state index contributed by atoms with van der Waals surface area (Å²) in [5, 5.41) is 6.77. The Balaban J connectivity index is 0.00000338. The zero-order valence-corrected chi connectivity index (χ0v) is 19.6. The average Bonchev–Trinajstić information content (AvgIpc) is 3.11. The van der Waals surface area contributed by atoms with Gasteiger partial charge in [-0.05, 0) is 38.3 Å². The van der Waals surface area contributed by atoms with E-state index < -0.39 is 0 Å². The standard InChI is InChI=1S/C19H30BrN3O2.HI/c1-3-21-19(23-15(2)17-7-4-5-8-18(17)20)22-10-6-11-24-13-16-9-12-25-14-16;/h4-5,7-8,15-16H,3,6,9-14H2,1-2H3,(H2,21,22,23);1H. The number of guanidine groups is 1. The van der Waals surface area contributed by atoms with Crippen LogP contribution in [0.5, 0.6) is 0 Å². The molecule has 2 N–H and O–H groups in total. The minimum Gasteiger partial charge on any atom is -0.381 e. The van der Waals surface area contributed by atoms with Crippen LogP contribution in [0.4, 0.5) is 0 Å².